The number of rotatable bonds is 4. The van der Waals surface area contributed by atoms with E-state index in [-0.39, 0.29) is 5.75 Å². The highest BCUT2D eigenvalue weighted by Crippen LogP contribution is 2.50. The first-order valence-electron chi connectivity index (χ1n) is 7.71. The van der Waals surface area contributed by atoms with Gasteiger partial charge in [-0.05, 0) is 31.5 Å². The number of phenols is 1. The smallest absolute Gasteiger partial charge is 0.327 e. The molecular formula is C16H19N3O5S. The van der Waals surface area contributed by atoms with Crippen LogP contribution >= 0.6 is 11.8 Å². The lowest BCUT2D eigenvalue weighted by Crippen LogP contribution is -2.71. The fraction of sp³-hybridized carbons (Fsp3) is 0.438. The molecule has 134 valence electrons. The third-order valence-electron chi connectivity index (χ3n) is 4.51. The Labute approximate surface area is 148 Å². The molecule has 4 atom stereocenters. The predicted octanol–water partition coefficient (Wildman–Crippen LogP) is 0.0237. The minimum absolute atomic E-state index is 0.0606. The number of hydrogen-bond donors (Lipinski definition) is 4. The number of carbonyl (C=O) groups is 3. The Balaban J connectivity index is 1.70. The number of nitrogens with one attached hydrogen (secondary N) is 1. The first kappa shape index (κ1) is 17.6. The molecule has 1 aromatic rings. The highest BCUT2D eigenvalue weighted by Gasteiger charge is 2.64. The van der Waals surface area contributed by atoms with E-state index in [1.165, 1.54) is 40.9 Å². The molecule has 3 rings (SSSR count). The van der Waals surface area contributed by atoms with Crippen molar-refractivity contribution in [1.29, 1.82) is 0 Å². The van der Waals surface area contributed by atoms with Crippen molar-refractivity contribution in [2.45, 2.75) is 42.1 Å². The molecular weight excluding hydrogens is 346 g/mol. The van der Waals surface area contributed by atoms with Crippen molar-refractivity contribution in [3.8, 4) is 5.75 Å². The van der Waals surface area contributed by atoms with Gasteiger partial charge >= 0.3 is 5.97 Å². The second-order valence-corrected chi connectivity index (χ2v) is 8.42. The second kappa shape index (κ2) is 5.92. The van der Waals surface area contributed by atoms with Crippen LogP contribution in [-0.4, -0.2) is 55.1 Å². The van der Waals surface area contributed by atoms with Crippen LogP contribution in [-0.2, 0) is 14.4 Å². The van der Waals surface area contributed by atoms with Gasteiger partial charge in [-0.1, -0.05) is 12.1 Å². The molecule has 8 nitrogen and oxygen atoms in total. The molecule has 2 amide bonds. The number of hydrogen-bond acceptors (Lipinski definition) is 6. The van der Waals surface area contributed by atoms with E-state index < -0.39 is 46.0 Å². The van der Waals surface area contributed by atoms with Gasteiger partial charge in [0, 0.05) is 4.75 Å². The molecule has 0 unspecified atom stereocenters. The molecule has 0 aromatic heterocycles. The maximum atomic E-state index is 12.3. The van der Waals surface area contributed by atoms with Gasteiger partial charge in [-0.25, -0.2) is 4.79 Å². The fourth-order valence-corrected chi connectivity index (χ4v) is 4.85. The average Bonchev–Trinajstić information content (AvgIpc) is 2.80. The van der Waals surface area contributed by atoms with Crippen molar-refractivity contribution < 1.29 is 24.6 Å². The lowest BCUT2D eigenvalue weighted by molar-refractivity contribution is -0.161. The van der Waals surface area contributed by atoms with Gasteiger partial charge in [0.1, 0.15) is 29.2 Å². The van der Waals surface area contributed by atoms with Gasteiger partial charge in [0.15, 0.2) is 0 Å². The number of nitrogens with zero attached hydrogens (tertiary/aromatic N) is 1. The summed E-state index contributed by atoms with van der Waals surface area (Å²) >= 11 is 1.35. The molecule has 0 saturated carbocycles. The molecule has 2 saturated heterocycles. The van der Waals surface area contributed by atoms with E-state index in [9.17, 15) is 24.6 Å². The molecule has 2 fully saturated rings. The Hall–Kier alpha value is -2.26. The summed E-state index contributed by atoms with van der Waals surface area (Å²) < 4.78 is -0.648. The molecule has 2 heterocycles. The Morgan fingerprint density at radius 1 is 1.32 bits per heavy atom. The van der Waals surface area contributed by atoms with Crippen molar-refractivity contribution in [2.75, 3.05) is 0 Å². The minimum Gasteiger partial charge on any atom is -0.508 e. The first-order valence-corrected chi connectivity index (χ1v) is 8.59. The maximum absolute atomic E-state index is 12.3. The Kier molecular flexibility index (Phi) is 4.16. The average molecular weight is 365 g/mol. The topological polar surface area (TPSA) is 133 Å². The van der Waals surface area contributed by atoms with E-state index in [4.69, 9.17) is 5.73 Å². The Bertz CT molecular complexity index is 736. The zero-order chi connectivity index (χ0) is 18.5. The molecule has 0 spiro atoms. The van der Waals surface area contributed by atoms with Crippen LogP contribution in [0.15, 0.2) is 24.3 Å². The number of carboxylic acids is 1. The second-order valence-electron chi connectivity index (χ2n) is 6.65. The fourth-order valence-electron chi connectivity index (χ4n) is 3.22. The van der Waals surface area contributed by atoms with Gasteiger partial charge in [-0.2, -0.15) is 0 Å². The molecule has 0 bridgehead atoms. The quantitative estimate of drug-likeness (QED) is 0.553. The summed E-state index contributed by atoms with van der Waals surface area (Å²) in [4.78, 5) is 37.5. The number of benzene rings is 1. The lowest BCUT2D eigenvalue weighted by atomic mass is 9.95. The third-order valence-corrected chi connectivity index (χ3v) is 6.08. The predicted molar refractivity (Wildman–Crippen MR) is 90.7 cm³/mol. The van der Waals surface area contributed by atoms with Gasteiger partial charge in [0.05, 0.1) is 0 Å². The first-order chi connectivity index (χ1) is 11.6. The van der Waals surface area contributed by atoms with Gasteiger partial charge < -0.3 is 26.2 Å². The molecule has 2 aliphatic heterocycles. The van der Waals surface area contributed by atoms with E-state index in [0.717, 1.165) is 0 Å². The summed E-state index contributed by atoms with van der Waals surface area (Å²) in [7, 11) is 0. The van der Waals surface area contributed by atoms with Gasteiger partial charge in [-0.3, -0.25) is 9.59 Å². The standard InChI is InChI=1S/C16H19N3O5S/c1-16(2)11(15(23)24)19-13(22)10(14(19)25-16)18-12(21)9(17)7-3-5-8(20)6-4-7/h3-6,9-11,14,20H,17H2,1-2H3,(H,18,21)(H,23,24)/t9-,10-,11-,14-/m1/s1. The van der Waals surface area contributed by atoms with Crippen molar-refractivity contribution >= 4 is 29.5 Å². The molecule has 0 aliphatic carbocycles. The monoisotopic (exact) mass is 365 g/mol. The van der Waals surface area contributed by atoms with Crippen LogP contribution in [0.4, 0.5) is 0 Å². The number of carboxylic acid groups (broad SMARTS) is 1. The number of phenolic OH excluding ortho intramolecular Hbond substituents is 1. The van der Waals surface area contributed by atoms with Crippen molar-refractivity contribution in [3.63, 3.8) is 0 Å². The normalized spacial score (nSPS) is 28.0. The van der Waals surface area contributed by atoms with Crippen LogP contribution in [0.5, 0.6) is 5.75 Å². The van der Waals surface area contributed by atoms with E-state index >= 15 is 0 Å². The number of amides is 2. The van der Waals surface area contributed by atoms with E-state index in [1.807, 2.05) is 0 Å². The highest BCUT2D eigenvalue weighted by atomic mass is 32.2. The Morgan fingerprint density at radius 3 is 2.48 bits per heavy atom. The van der Waals surface area contributed by atoms with E-state index in [0.29, 0.717) is 5.56 Å². The van der Waals surface area contributed by atoms with Crippen LogP contribution in [0.3, 0.4) is 0 Å². The van der Waals surface area contributed by atoms with E-state index in [1.54, 1.807) is 13.8 Å². The largest absolute Gasteiger partial charge is 0.508 e. The number of β-lactam (4-membered cyclic amide) rings is 1. The molecule has 0 radical (unpaired) electrons. The Morgan fingerprint density at radius 2 is 1.92 bits per heavy atom. The molecule has 25 heavy (non-hydrogen) atoms. The van der Waals surface area contributed by atoms with Crippen molar-refractivity contribution in [2.24, 2.45) is 5.73 Å². The molecule has 5 N–H and O–H groups in total. The number of carbonyl (C=O) groups excluding carboxylic acids is 2. The molecule has 9 heteroatoms. The van der Waals surface area contributed by atoms with Crippen molar-refractivity contribution in [3.05, 3.63) is 29.8 Å². The van der Waals surface area contributed by atoms with Crippen LogP contribution in [0, 0.1) is 0 Å². The number of fused-ring (bicyclic) bond motifs is 1. The number of nitrogens with two attached hydrogens (primary N) is 1. The summed E-state index contributed by atoms with van der Waals surface area (Å²) in [5.41, 5.74) is 6.41. The van der Waals surface area contributed by atoms with Gasteiger partial charge in [0.2, 0.25) is 11.8 Å². The van der Waals surface area contributed by atoms with Crippen LogP contribution < -0.4 is 11.1 Å². The minimum atomic E-state index is -1.06. The number of thioether (sulfide) groups is 1. The zero-order valence-corrected chi connectivity index (χ0v) is 14.5. The van der Waals surface area contributed by atoms with Crippen molar-refractivity contribution in [1.82, 2.24) is 10.2 Å². The number of aliphatic carboxylic acids is 1. The lowest BCUT2D eigenvalue weighted by Gasteiger charge is -2.43. The third kappa shape index (κ3) is 2.83. The van der Waals surface area contributed by atoms with Gasteiger partial charge in [-0.15, -0.1) is 11.8 Å². The zero-order valence-electron chi connectivity index (χ0n) is 13.7. The maximum Gasteiger partial charge on any atom is 0.327 e. The van der Waals surface area contributed by atoms with Gasteiger partial charge in [0.25, 0.3) is 0 Å². The van der Waals surface area contributed by atoms with Crippen LogP contribution in [0.1, 0.15) is 25.5 Å². The van der Waals surface area contributed by atoms with E-state index in [2.05, 4.69) is 5.32 Å². The number of aromatic hydroxyl groups is 1. The molecule has 2 aliphatic rings. The highest BCUT2D eigenvalue weighted by molar-refractivity contribution is 8.01. The summed E-state index contributed by atoms with van der Waals surface area (Å²) in [6, 6.07) is 3.21. The molecule has 1 aromatic carbocycles. The summed E-state index contributed by atoms with van der Waals surface area (Å²) in [6.07, 6.45) is 0. The summed E-state index contributed by atoms with van der Waals surface area (Å²) in [5.74, 6) is -1.94. The van der Waals surface area contributed by atoms with Crippen LogP contribution in [0.2, 0.25) is 0 Å². The summed E-state index contributed by atoms with van der Waals surface area (Å²) in [5, 5.41) is 20.9. The SMILES string of the molecule is CC1(C)S[C@@H]2[C@H](NC(=O)[C@H](N)c3ccc(O)cc3)C(=O)N2[C@@H]1C(=O)O. The van der Waals surface area contributed by atoms with Crippen LogP contribution in [0.25, 0.3) is 0 Å². The summed E-state index contributed by atoms with van der Waals surface area (Å²) in [6.45, 7) is 3.53.